The molecule has 3 N–H and O–H groups in total. The Labute approximate surface area is 101 Å². The molecule has 0 radical (unpaired) electrons. The van der Waals surface area contributed by atoms with Gasteiger partial charge in [0, 0.05) is 0 Å². The summed E-state index contributed by atoms with van der Waals surface area (Å²) >= 11 is 0. The number of nitrogens with one attached hydrogen (secondary N) is 2. The Morgan fingerprint density at radius 1 is 1.47 bits per heavy atom. The second-order valence-electron chi connectivity index (χ2n) is 4.13. The third-order valence-corrected chi connectivity index (χ3v) is 2.78. The van der Waals surface area contributed by atoms with Crippen molar-refractivity contribution in [3.05, 3.63) is 0 Å². The molecular formula is C11H20N2O4. The van der Waals surface area contributed by atoms with Gasteiger partial charge in [-0.25, -0.2) is 4.79 Å². The fourth-order valence-corrected chi connectivity index (χ4v) is 1.73. The molecule has 1 amide bonds. The van der Waals surface area contributed by atoms with Gasteiger partial charge >= 0.3 is 5.97 Å². The molecule has 98 valence electrons. The average molecular weight is 244 g/mol. The van der Waals surface area contributed by atoms with Crippen LogP contribution in [0.2, 0.25) is 0 Å². The molecule has 1 aliphatic rings. The highest BCUT2D eigenvalue weighted by atomic mass is 16.5. The Morgan fingerprint density at radius 3 is 2.65 bits per heavy atom. The van der Waals surface area contributed by atoms with E-state index in [9.17, 15) is 9.59 Å². The third-order valence-electron chi connectivity index (χ3n) is 2.78. The highest BCUT2D eigenvalue weighted by molar-refractivity contribution is 5.84. The Hall–Kier alpha value is -1.14. The molecule has 1 heterocycles. The van der Waals surface area contributed by atoms with Gasteiger partial charge in [0.25, 0.3) is 0 Å². The maximum atomic E-state index is 11.4. The van der Waals surface area contributed by atoms with E-state index < -0.39 is 12.0 Å². The van der Waals surface area contributed by atoms with Gasteiger partial charge in [-0.05, 0) is 32.4 Å². The fourth-order valence-electron chi connectivity index (χ4n) is 1.73. The normalized spacial score (nSPS) is 18.6. The summed E-state index contributed by atoms with van der Waals surface area (Å²) in [6.45, 7) is 3.46. The molecule has 0 aromatic carbocycles. The van der Waals surface area contributed by atoms with E-state index in [1.165, 1.54) is 0 Å². The SMILES string of the molecule is CC[C@H](NC(=O)COC1CCNCC1)C(=O)O. The van der Waals surface area contributed by atoms with Crippen molar-refractivity contribution in [1.29, 1.82) is 0 Å². The van der Waals surface area contributed by atoms with Crippen LogP contribution in [0, 0.1) is 0 Å². The number of carbonyl (C=O) groups excluding carboxylic acids is 1. The van der Waals surface area contributed by atoms with Crippen LogP contribution in [-0.2, 0) is 14.3 Å². The predicted octanol–water partition coefficient (Wildman–Crippen LogP) is -0.266. The van der Waals surface area contributed by atoms with Gasteiger partial charge in [-0.15, -0.1) is 0 Å². The first-order valence-electron chi connectivity index (χ1n) is 5.98. The second kappa shape index (κ2) is 7.24. The van der Waals surface area contributed by atoms with Gasteiger partial charge in [-0.3, -0.25) is 4.79 Å². The molecule has 1 saturated heterocycles. The van der Waals surface area contributed by atoms with Gasteiger partial charge < -0.3 is 20.5 Å². The molecule has 0 aromatic heterocycles. The van der Waals surface area contributed by atoms with E-state index in [0.717, 1.165) is 25.9 Å². The van der Waals surface area contributed by atoms with Gasteiger partial charge in [-0.1, -0.05) is 6.92 Å². The molecule has 0 unspecified atom stereocenters. The number of carbonyl (C=O) groups is 2. The lowest BCUT2D eigenvalue weighted by molar-refractivity contribution is -0.143. The van der Waals surface area contributed by atoms with Crippen LogP contribution in [0.5, 0.6) is 0 Å². The number of ether oxygens (including phenoxy) is 1. The van der Waals surface area contributed by atoms with Crippen LogP contribution in [0.4, 0.5) is 0 Å². The standard InChI is InChI=1S/C11H20N2O4/c1-2-9(11(15)16)13-10(14)7-17-8-3-5-12-6-4-8/h8-9,12H,2-7H2,1H3,(H,13,14)(H,15,16)/t9-/m0/s1. The first kappa shape index (κ1) is 13.9. The van der Waals surface area contributed by atoms with Crippen molar-refractivity contribution >= 4 is 11.9 Å². The predicted molar refractivity (Wildman–Crippen MR) is 61.7 cm³/mol. The first-order valence-corrected chi connectivity index (χ1v) is 5.98. The molecule has 0 spiro atoms. The molecule has 0 aliphatic carbocycles. The molecule has 0 aromatic rings. The minimum atomic E-state index is -1.01. The quantitative estimate of drug-likeness (QED) is 0.599. The number of amides is 1. The van der Waals surface area contributed by atoms with Gasteiger partial charge in [-0.2, -0.15) is 0 Å². The molecule has 6 heteroatoms. The number of hydrogen-bond acceptors (Lipinski definition) is 4. The summed E-state index contributed by atoms with van der Waals surface area (Å²) in [5.41, 5.74) is 0. The molecule has 6 nitrogen and oxygen atoms in total. The van der Waals surface area contributed by atoms with Crippen molar-refractivity contribution in [2.45, 2.75) is 38.3 Å². The third kappa shape index (κ3) is 5.14. The summed E-state index contributed by atoms with van der Waals surface area (Å²) in [6, 6.07) is -0.820. The maximum absolute atomic E-state index is 11.4. The van der Waals surface area contributed by atoms with Crippen LogP contribution >= 0.6 is 0 Å². The molecule has 0 saturated carbocycles. The number of carboxylic acids is 1. The smallest absolute Gasteiger partial charge is 0.326 e. The monoisotopic (exact) mass is 244 g/mol. The summed E-state index contributed by atoms with van der Waals surface area (Å²) in [7, 11) is 0. The lowest BCUT2D eigenvalue weighted by Gasteiger charge is -2.23. The number of rotatable bonds is 6. The zero-order valence-electron chi connectivity index (χ0n) is 10.1. The number of carboxylic acid groups (broad SMARTS) is 1. The summed E-state index contributed by atoms with van der Waals surface area (Å²) < 4.78 is 5.42. The zero-order chi connectivity index (χ0) is 12.7. The zero-order valence-corrected chi connectivity index (χ0v) is 10.1. The Morgan fingerprint density at radius 2 is 2.12 bits per heavy atom. The van der Waals surface area contributed by atoms with Gasteiger partial charge in [0.05, 0.1) is 6.10 Å². The van der Waals surface area contributed by atoms with E-state index in [0.29, 0.717) is 6.42 Å². The number of aliphatic carboxylic acids is 1. The van der Waals surface area contributed by atoms with Crippen molar-refractivity contribution in [2.75, 3.05) is 19.7 Å². The summed E-state index contributed by atoms with van der Waals surface area (Å²) in [5, 5.41) is 14.4. The van der Waals surface area contributed by atoms with Crippen LogP contribution in [0.25, 0.3) is 0 Å². The van der Waals surface area contributed by atoms with E-state index in [-0.39, 0.29) is 18.6 Å². The largest absolute Gasteiger partial charge is 0.480 e. The van der Waals surface area contributed by atoms with E-state index in [1.54, 1.807) is 6.92 Å². The molecule has 1 aliphatic heterocycles. The van der Waals surface area contributed by atoms with Crippen LogP contribution in [0.1, 0.15) is 26.2 Å². The molecule has 17 heavy (non-hydrogen) atoms. The molecule has 1 rings (SSSR count). The van der Waals surface area contributed by atoms with Crippen LogP contribution in [0.15, 0.2) is 0 Å². The van der Waals surface area contributed by atoms with E-state index in [1.807, 2.05) is 0 Å². The van der Waals surface area contributed by atoms with Crippen molar-refractivity contribution < 1.29 is 19.4 Å². The lowest BCUT2D eigenvalue weighted by atomic mass is 10.1. The minimum Gasteiger partial charge on any atom is -0.480 e. The van der Waals surface area contributed by atoms with E-state index in [2.05, 4.69) is 10.6 Å². The van der Waals surface area contributed by atoms with E-state index in [4.69, 9.17) is 9.84 Å². The second-order valence-corrected chi connectivity index (χ2v) is 4.13. The number of piperidine rings is 1. The van der Waals surface area contributed by atoms with Gasteiger partial charge in [0.15, 0.2) is 0 Å². The van der Waals surface area contributed by atoms with Crippen LogP contribution < -0.4 is 10.6 Å². The topological polar surface area (TPSA) is 87.7 Å². The fraction of sp³-hybridized carbons (Fsp3) is 0.818. The van der Waals surface area contributed by atoms with E-state index >= 15 is 0 Å². The van der Waals surface area contributed by atoms with Crippen molar-refractivity contribution in [2.24, 2.45) is 0 Å². The first-order chi connectivity index (χ1) is 8.13. The number of hydrogen-bond donors (Lipinski definition) is 3. The highest BCUT2D eigenvalue weighted by Gasteiger charge is 2.19. The van der Waals surface area contributed by atoms with Gasteiger partial charge in [0.2, 0.25) is 5.91 Å². The van der Waals surface area contributed by atoms with Crippen LogP contribution in [0.3, 0.4) is 0 Å². The molecule has 0 bridgehead atoms. The minimum absolute atomic E-state index is 0.0611. The summed E-state index contributed by atoms with van der Waals surface area (Å²) in [4.78, 5) is 22.2. The molecular weight excluding hydrogens is 224 g/mol. The van der Waals surface area contributed by atoms with Crippen molar-refractivity contribution in [3.8, 4) is 0 Å². The van der Waals surface area contributed by atoms with Crippen LogP contribution in [-0.4, -0.2) is 48.8 Å². The Balaban J connectivity index is 2.21. The van der Waals surface area contributed by atoms with Crippen molar-refractivity contribution in [3.63, 3.8) is 0 Å². The van der Waals surface area contributed by atoms with Crippen molar-refractivity contribution in [1.82, 2.24) is 10.6 Å². The molecule has 1 atom stereocenters. The average Bonchev–Trinajstić information content (AvgIpc) is 2.34. The Bertz CT molecular complexity index is 264. The Kier molecular flexibility index (Phi) is 5.93. The van der Waals surface area contributed by atoms with Gasteiger partial charge in [0.1, 0.15) is 12.6 Å². The summed E-state index contributed by atoms with van der Waals surface area (Å²) in [5.74, 6) is -1.37. The summed E-state index contributed by atoms with van der Waals surface area (Å²) in [6.07, 6.45) is 2.26. The lowest BCUT2D eigenvalue weighted by Crippen LogP contribution is -2.43. The maximum Gasteiger partial charge on any atom is 0.326 e. The molecule has 1 fully saturated rings. The highest BCUT2D eigenvalue weighted by Crippen LogP contribution is 2.06.